The van der Waals surface area contributed by atoms with Crippen LogP contribution in [0.1, 0.15) is 16.7 Å². The van der Waals surface area contributed by atoms with Crippen LogP contribution in [-0.4, -0.2) is 20.9 Å². The molecule has 0 heterocycles. The van der Waals surface area contributed by atoms with E-state index in [2.05, 4.69) is 5.32 Å². The highest BCUT2D eigenvalue weighted by Crippen LogP contribution is 2.25. The molecule has 0 unspecified atom stereocenters. The SMILES string of the molecule is Cc1ccc(N(CC(=O)Nc2ccc(C)c(C)c2)S(=O)(=O)c2ccc(Cl)cc2)cc1. The zero-order valence-corrected chi connectivity index (χ0v) is 18.6. The molecular weight excluding hydrogens is 420 g/mol. The van der Waals surface area contributed by atoms with Crippen LogP contribution >= 0.6 is 11.6 Å². The van der Waals surface area contributed by atoms with Crippen molar-refractivity contribution >= 4 is 38.9 Å². The molecule has 0 atom stereocenters. The number of hydrogen-bond donors (Lipinski definition) is 1. The molecule has 0 saturated heterocycles. The number of carbonyl (C=O) groups is 1. The molecule has 0 radical (unpaired) electrons. The van der Waals surface area contributed by atoms with Crippen LogP contribution in [-0.2, 0) is 14.8 Å². The van der Waals surface area contributed by atoms with Gasteiger partial charge in [0, 0.05) is 10.7 Å². The number of hydrogen-bond acceptors (Lipinski definition) is 3. The molecule has 3 rings (SSSR count). The molecule has 0 spiro atoms. The molecule has 0 bridgehead atoms. The highest BCUT2D eigenvalue weighted by molar-refractivity contribution is 7.92. The van der Waals surface area contributed by atoms with Gasteiger partial charge in [-0.2, -0.15) is 0 Å². The largest absolute Gasteiger partial charge is 0.325 e. The van der Waals surface area contributed by atoms with Gasteiger partial charge in [-0.15, -0.1) is 0 Å². The fraction of sp³-hybridized carbons (Fsp3) is 0.174. The molecule has 156 valence electrons. The number of aryl methyl sites for hydroxylation is 3. The molecule has 7 heteroatoms. The van der Waals surface area contributed by atoms with Gasteiger partial charge < -0.3 is 5.32 Å². The van der Waals surface area contributed by atoms with Crippen molar-refractivity contribution in [3.05, 3.63) is 88.4 Å². The van der Waals surface area contributed by atoms with E-state index in [9.17, 15) is 13.2 Å². The molecule has 5 nitrogen and oxygen atoms in total. The first kappa shape index (κ1) is 21.9. The highest BCUT2D eigenvalue weighted by Gasteiger charge is 2.27. The van der Waals surface area contributed by atoms with Crippen LogP contribution < -0.4 is 9.62 Å². The summed E-state index contributed by atoms with van der Waals surface area (Å²) < 4.78 is 27.7. The van der Waals surface area contributed by atoms with Crippen molar-refractivity contribution in [2.45, 2.75) is 25.7 Å². The lowest BCUT2D eigenvalue weighted by atomic mass is 10.1. The van der Waals surface area contributed by atoms with Crippen molar-refractivity contribution in [1.82, 2.24) is 0 Å². The molecule has 0 aliphatic rings. The van der Waals surface area contributed by atoms with E-state index in [1.807, 2.05) is 32.9 Å². The summed E-state index contributed by atoms with van der Waals surface area (Å²) in [4.78, 5) is 12.8. The van der Waals surface area contributed by atoms with Gasteiger partial charge >= 0.3 is 0 Å². The van der Waals surface area contributed by atoms with Crippen LogP contribution in [0.4, 0.5) is 11.4 Å². The van der Waals surface area contributed by atoms with Crippen LogP contribution in [0, 0.1) is 20.8 Å². The van der Waals surface area contributed by atoms with Gasteiger partial charge in [0.15, 0.2) is 0 Å². The summed E-state index contributed by atoms with van der Waals surface area (Å²) in [6.45, 7) is 5.49. The van der Waals surface area contributed by atoms with Gasteiger partial charge in [0.2, 0.25) is 5.91 Å². The molecule has 0 aliphatic carbocycles. The van der Waals surface area contributed by atoms with Crippen molar-refractivity contribution in [1.29, 1.82) is 0 Å². The molecule has 0 saturated carbocycles. The first-order valence-electron chi connectivity index (χ1n) is 9.39. The predicted octanol–water partition coefficient (Wildman–Crippen LogP) is 5.10. The fourth-order valence-electron chi connectivity index (χ4n) is 2.91. The Balaban J connectivity index is 1.93. The third-order valence-electron chi connectivity index (χ3n) is 4.80. The Morgan fingerprint density at radius 1 is 0.900 bits per heavy atom. The second-order valence-electron chi connectivity index (χ2n) is 7.15. The van der Waals surface area contributed by atoms with E-state index < -0.39 is 15.9 Å². The van der Waals surface area contributed by atoms with Gasteiger partial charge in [0.1, 0.15) is 6.54 Å². The van der Waals surface area contributed by atoms with Gasteiger partial charge in [-0.1, -0.05) is 35.4 Å². The Bertz CT molecular complexity index is 1160. The van der Waals surface area contributed by atoms with Crippen molar-refractivity contribution < 1.29 is 13.2 Å². The smallest absolute Gasteiger partial charge is 0.264 e. The minimum Gasteiger partial charge on any atom is -0.325 e. The average molecular weight is 443 g/mol. The van der Waals surface area contributed by atoms with Crippen molar-refractivity contribution in [3.8, 4) is 0 Å². The second kappa shape index (κ2) is 8.90. The molecule has 3 aromatic carbocycles. The molecule has 0 fully saturated rings. The monoisotopic (exact) mass is 442 g/mol. The lowest BCUT2D eigenvalue weighted by Gasteiger charge is -2.24. The number of sulfonamides is 1. The minimum atomic E-state index is -3.97. The fourth-order valence-corrected chi connectivity index (χ4v) is 4.46. The van der Waals surface area contributed by atoms with E-state index in [0.29, 0.717) is 16.4 Å². The zero-order valence-electron chi connectivity index (χ0n) is 17.0. The van der Waals surface area contributed by atoms with E-state index in [4.69, 9.17) is 11.6 Å². The highest BCUT2D eigenvalue weighted by atomic mass is 35.5. The van der Waals surface area contributed by atoms with Crippen molar-refractivity contribution in [3.63, 3.8) is 0 Å². The normalized spacial score (nSPS) is 11.2. The van der Waals surface area contributed by atoms with Crippen LogP contribution in [0.5, 0.6) is 0 Å². The Morgan fingerprint density at radius 2 is 1.53 bits per heavy atom. The number of amides is 1. The summed E-state index contributed by atoms with van der Waals surface area (Å²) in [5, 5.41) is 3.22. The summed E-state index contributed by atoms with van der Waals surface area (Å²) in [5.41, 5.74) is 4.17. The number of nitrogens with zero attached hydrogens (tertiary/aromatic N) is 1. The second-order valence-corrected chi connectivity index (χ2v) is 9.45. The molecule has 1 amide bonds. The Kier molecular flexibility index (Phi) is 6.48. The summed E-state index contributed by atoms with van der Waals surface area (Å²) in [5.74, 6) is -0.434. The van der Waals surface area contributed by atoms with Gasteiger partial charge in [0.05, 0.1) is 10.6 Å². The Hall–Kier alpha value is -2.83. The summed E-state index contributed by atoms with van der Waals surface area (Å²) in [7, 11) is -3.97. The van der Waals surface area contributed by atoms with Crippen molar-refractivity contribution in [2.75, 3.05) is 16.2 Å². The maximum absolute atomic E-state index is 13.3. The molecular formula is C23H23ClN2O3S. The first-order valence-corrected chi connectivity index (χ1v) is 11.2. The van der Waals surface area contributed by atoms with Crippen LogP contribution in [0.15, 0.2) is 71.6 Å². The van der Waals surface area contributed by atoms with E-state index in [-0.39, 0.29) is 11.4 Å². The van der Waals surface area contributed by atoms with Crippen LogP contribution in [0.25, 0.3) is 0 Å². The van der Waals surface area contributed by atoms with Gasteiger partial charge in [0.25, 0.3) is 10.0 Å². The topological polar surface area (TPSA) is 66.5 Å². The Morgan fingerprint density at radius 3 is 2.13 bits per heavy atom. The predicted molar refractivity (Wildman–Crippen MR) is 122 cm³/mol. The van der Waals surface area contributed by atoms with Gasteiger partial charge in [-0.25, -0.2) is 8.42 Å². The van der Waals surface area contributed by atoms with E-state index in [1.54, 1.807) is 30.3 Å². The third kappa shape index (κ3) is 5.01. The quantitative estimate of drug-likeness (QED) is 0.577. The number of benzene rings is 3. The lowest BCUT2D eigenvalue weighted by molar-refractivity contribution is -0.114. The Labute approximate surface area is 182 Å². The number of nitrogens with one attached hydrogen (secondary N) is 1. The number of halogens is 1. The van der Waals surface area contributed by atoms with Crippen molar-refractivity contribution in [2.24, 2.45) is 0 Å². The van der Waals surface area contributed by atoms with E-state index >= 15 is 0 Å². The average Bonchev–Trinajstić information content (AvgIpc) is 2.70. The van der Waals surface area contributed by atoms with Gasteiger partial charge in [-0.05, 0) is 80.4 Å². The van der Waals surface area contributed by atoms with E-state index in [1.165, 1.54) is 24.3 Å². The molecule has 0 aliphatic heterocycles. The minimum absolute atomic E-state index is 0.0615. The molecule has 3 aromatic rings. The maximum Gasteiger partial charge on any atom is 0.264 e. The molecule has 0 aromatic heterocycles. The molecule has 1 N–H and O–H groups in total. The summed E-state index contributed by atoms with van der Waals surface area (Å²) in [6, 6.07) is 18.4. The zero-order chi connectivity index (χ0) is 21.9. The number of anilines is 2. The van der Waals surface area contributed by atoms with Gasteiger partial charge in [-0.3, -0.25) is 9.10 Å². The summed E-state index contributed by atoms with van der Waals surface area (Å²) in [6.07, 6.45) is 0. The summed E-state index contributed by atoms with van der Waals surface area (Å²) >= 11 is 5.90. The number of rotatable bonds is 6. The number of carbonyl (C=O) groups excluding carboxylic acids is 1. The first-order chi connectivity index (χ1) is 14.2. The van der Waals surface area contributed by atoms with Crippen LogP contribution in [0.3, 0.4) is 0 Å². The standard InChI is InChI=1S/C23H23ClN2O3S/c1-16-4-10-21(11-5-16)26(30(28,29)22-12-7-19(24)8-13-22)15-23(27)25-20-9-6-17(2)18(3)14-20/h4-14H,15H2,1-3H3,(H,25,27). The third-order valence-corrected chi connectivity index (χ3v) is 6.84. The van der Waals surface area contributed by atoms with Crippen LogP contribution in [0.2, 0.25) is 5.02 Å². The maximum atomic E-state index is 13.3. The molecule has 30 heavy (non-hydrogen) atoms. The lowest BCUT2D eigenvalue weighted by Crippen LogP contribution is -2.38. The van der Waals surface area contributed by atoms with E-state index in [0.717, 1.165) is 21.0 Å².